The Morgan fingerprint density at radius 2 is 1.52 bits per heavy atom. The molecule has 3 aromatic carbocycles. The van der Waals surface area contributed by atoms with E-state index in [0.717, 1.165) is 11.2 Å². The Morgan fingerprint density at radius 3 is 2.22 bits per heavy atom. The fourth-order valence-electron chi connectivity index (χ4n) is 3.73. The molecule has 0 unspecified atom stereocenters. The fraction of sp³-hybridized carbons (Fsp3) is 0.167. The molecule has 3 heteroatoms. The van der Waals surface area contributed by atoms with Crippen molar-refractivity contribution >= 4 is 28.5 Å². The Morgan fingerprint density at radius 1 is 0.815 bits per heavy atom. The van der Waals surface area contributed by atoms with Crippen molar-refractivity contribution in [3.05, 3.63) is 90.1 Å². The van der Waals surface area contributed by atoms with Crippen LogP contribution in [-0.2, 0) is 5.41 Å². The van der Waals surface area contributed by atoms with Gasteiger partial charge in [-0.2, -0.15) is 0 Å². The average molecular weight is 373 g/mol. The third-order valence-corrected chi connectivity index (χ3v) is 5.74. The van der Waals surface area contributed by atoms with E-state index in [1.54, 1.807) is 11.9 Å². The molecule has 0 saturated carbocycles. The summed E-state index contributed by atoms with van der Waals surface area (Å²) >= 11 is 1.61. The number of aromatic amines is 1. The molecule has 27 heavy (non-hydrogen) atoms. The van der Waals surface area contributed by atoms with Gasteiger partial charge in [0.25, 0.3) is 0 Å². The monoisotopic (exact) mass is 372 g/mol. The van der Waals surface area contributed by atoms with Gasteiger partial charge in [0.05, 0.1) is 11.2 Å². The van der Waals surface area contributed by atoms with Gasteiger partial charge in [0, 0.05) is 23.3 Å². The predicted octanol–water partition coefficient (Wildman–Crippen LogP) is 6.85. The summed E-state index contributed by atoms with van der Waals surface area (Å²) in [7, 11) is 0. The van der Waals surface area contributed by atoms with Crippen molar-refractivity contribution in [1.29, 1.82) is 0 Å². The molecule has 0 aliphatic carbocycles. The minimum Gasteiger partial charge on any atom is -0.359 e. The van der Waals surface area contributed by atoms with Crippen LogP contribution < -0.4 is 4.72 Å². The van der Waals surface area contributed by atoms with Gasteiger partial charge in [-0.3, -0.25) is 0 Å². The van der Waals surface area contributed by atoms with Gasteiger partial charge in [-0.15, -0.1) is 0 Å². The first-order valence-corrected chi connectivity index (χ1v) is 10.4. The standard InChI is InChI=1S/C24H24N2S/c1-24(2,19-14-12-18(13-15-19)17-8-5-4-6-9-17)21-16-25-23-20(21)10-7-11-22(23)26-27-3/h4-16,25-26H,1-3H3. The molecule has 136 valence electrons. The highest BCUT2D eigenvalue weighted by atomic mass is 32.2. The normalized spacial score (nSPS) is 11.7. The average Bonchev–Trinajstić information content (AvgIpc) is 3.15. The maximum atomic E-state index is 3.48. The molecule has 0 aliphatic heterocycles. The molecule has 0 atom stereocenters. The highest BCUT2D eigenvalue weighted by Crippen LogP contribution is 2.38. The third-order valence-electron chi connectivity index (χ3n) is 5.31. The maximum Gasteiger partial charge on any atom is 0.0701 e. The van der Waals surface area contributed by atoms with E-state index in [2.05, 4.69) is 103 Å². The zero-order valence-corrected chi connectivity index (χ0v) is 16.7. The van der Waals surface area contributed by atoms with Crippen molar-refractivity contribution in [2.45, 2.75) is 19.3 Å². The number of hydrogen-bond acceptors (Lipinski definition) is 2. The van der Waals surface area contributed by atoms with E-state index in [1.165, 1.54) is 27.6 Å². The van der Waals surface area contributed by atoms with Crippen LogP contribution >= 0.6 is 11.9 Å². The summed E-state index contributed by atoms with van der Waals surface area (Å²) in [5, 5.41) is 1.27. The van der Waals surface area contributed by atoms with Gasteiger partial charge in [-0.05, 0) is 28.3 Å². The van der Waals surface area contributed by atoms with Crippen molar-refractivity contribution < 1.29 is 0 Å². The number of rotatable bonds is 5. The number of hydrogen-bond donors (Lipinski definition) is 2. The molecule has 0 bridgehead atoms. The Labute approximate surface area is 165 Å². The Kier molecular flexibility index (Phi) is 4.71. The lowest BCUT2D eigenvalue weighted by molar-refractivity contribution is 0.647. The number of aromatic nitrogens is 1. The van der Waals surface area contributed by atoms with E-state index >= 15 is 0 Å². The third kappa shape index (κ3) is 3.24. The molecule has 0 fully saturated rings. The fourth-order valence-corrected chi connectivity index (χ4v) is 4.12. The van der Waals surface area contributed by atoms with Gasteiger partial charge >= 0.3 is 0 Å². The van der Waals surface area contributed by atoms with Crippen LogP contribution in [0.15, 0.2) is 79.0 Å². The van der Waals surface area contributed by atoms with Crippen LogP contribution in [0, 0.1) is 0 Å². The van der Waals surface area contributed by atoms with Gasteiger partial charge in [0.2, 0.25) is 0 Å². The van der Waals surface area contributed by atoms with Gasteiger partial charge in [-0.25, -0.2) is 0 Å². The molecular weight excluding hydrogens is 348 g/mol. The van der Waals surface area contributed by atoms with Crippen LogP contribution in [0.3, 0.4) is 0 Å². The largest absolute Gasteiger partial charge is 0.359 e. The molecule has 1 aromatic heterocycles. The van der Waals surface area contributed by atoms with E-state index in [9.17, 15) is 0 Å². The molecule has 4 rings (SSSR count). The number of benzene rings is 3. The zero-order valence-electron chi connectivity index (χ0n) is 15.9. The van der Waals surface area contributed by atoms with Crippen molar-refractivity contribution in [3.8, 4) is 11.1 Å². The van der Waals surface area contributed by atoms with Gasteiger partial charge in [0.15, 0.2) is 0 Å². The maximum absolute atomic E-state index is 3.48. The lowest BCUT2D eigenvalue weighted by Gasteiger charge is -2.25. The minimum atomic E-state index is -0.0918. The summed E-state index contributed by atoms with van der Waals surface area (Å²) in [5.41, 5.74) is 7.33. The smallest absolute Gasteiger partial charge is 0.0701 e. The van der Waals surface area contributed by atoms with Crippen molar-refractivity contribution in [1.82, 2.24) is 4.98 Å². The lowest BCUT2D eigenvalue weighted by Crippen LogP contribution is -2.18. The zero-order chi connectivity index (χ0) is 18.9. The van der Waals surface area contributed by atoms with Gasteiger partial charge in [-0.1, -0.05) is 92.5 Å². The van der Waals surface area contributed by atoms with E-state index in [1.807, 2.05) is 6.26 Å². The van der Waals surface area contributed by atoms with Crippen LogP contribution in [0.25, 0.3) is 22.0 Å². The molecule has 1 heterocycles. The summed E-state index contributed by atoms with van der Waals surface area (Å²) in [6, 6.07) is 25.9. The molecule has 0 saturated heterocycles. The van der Waals surface area contributed by atoms with Crippen LogP contribution in [0.4, 0.5) is 5.69 Å². The van der Waals surface area contributed by atoms with Crippen LogP contribution in [0.2, 0.25) is 0 Å². The first-order chi connectivity index (χ1) is 13.1. The van der Waals surface area contributed by atoms with E-state index in [4.69, 9.17) is 0 Å². The number of anilines is 1. The second-order valence-electron chi connectivity index (χ2n) is 7.31. The Balaban J connectivity index is 1.73. The molecule has 4 aromatic rings. The molecule has 0 amide bonds. The van der Waals surface area contributed by atoms with Gasteiger partial charge < -0.3 is 9.71 Å². The molecule has 2 nitrogen and oxygen atoms in total. The first kappa shape index (κ1) is 17.7. The quantitative estimate of drug-likeness (QED) is 0.375. The number of fused-ring (bicyclic) bond motifs is 1. The van der Waals surface area contributed by atoms with Crippen molar-refractivity contribution in [3.63, 3.8) is 0 Å². The molecule has 0 radical (unpaired) electrons. The first-order valence-electron chi connectivity index (χ1n) is 9.17. The lowest BCUT2D eigenvalue weighted by atomic mass is 9.77. The molecule has 0 spiro atoms. The summed E-state index contributed by atoms with van der Waals surface area (Å²) in [4.78, 5) is 3.48. The minimum absolute atomic E-state index is 0.0918. The number of para-hydroxylation sites is 1. The highest BCUT2D eigenvalue weighted by molar-refractivity contribution is 7.99. The van der Waals surface area contributed by atoms with E-state index < -0.39 is 0 Å². The van der Waals surface area contributed by atoms with Crippen LogP contribution in [0.1, 0.15) is 25.0 Å². The summed E-state index contributed by atoms with van der Waals surface area (Å²) in [6.45, 7) is 4.59. The van der Waals surface area contributed by atoms with Gasteiger partial charge in [0.1, 0.15) is 0 Å². The van der Waals surface area contributed by atoms with Crippen LogP contribution in [-0.4, -0.2) is 11.2 Å². The van der Waals surface area contributed by atoms with E-state index in [0.29, 0.717) is 0 Å². The van der Waals surface area contributed by atoms with Crippen molar-refractivity contribution in [2.24, 2.45) is 0 Å². The summed E-state index contributed by atoms with van der Waals surface area (Å²) in [6.07, 6.45) is 4.20. The SMILES string of the molecule is CSNc1cccc2c(C(C)(C)c3ccc(-c4ccccc4)cc3)c[nH]c12. The van der Waals surface area contributed by atoms with E-state index in [-0.39, 0.29) is 5.41 Å². The highest BCUT2D eigenvalue weighted by Gasteiger charge is 2.26. The van der Waals surface area contributed by atoms with Crippen LogP contribution in [0.5, 0.6) is 0 Å². The second-order valence-corrected chi connectivity index (χ2v) is 7.92. The topological polar surface area (TPSA) is 27.8 Å². The summed E-state index contributed by atoms with van der Waals surface area (Å²) in [5.74, 6) is 0. The van der Waals surface area contributed by atoms with Crippen molar-refractivity contribution in [2.75, 3.05) is 11.0 Å². The number of nitrogens with one attached hydrogen (secondary N) is 2. The predicted molar refractivity (Wildman–Crippen MR) is 119 cm³/mol. The second kappa shape index (κ2) is 7.16. The summed E-state index contributed by atoms with van der Waals surface area (Å²) < 4.78 is 3.37. The Bertz CT molecular complexity index is 1050. The Hall–Kier alpha value is -2.65. The molecule has 0 aliphatic rings. The molecular formula is C24H24N2S. The molecule has 2 N–H and O–H groups in total. The number of H-pyrrole nitrogens is 1.